The summed E-state index contributed by atoms with van der Waals surface area (Å²) < 4.78 is 22.9. The Balaban J connectivity index is 2.47. The van der Waals surface area contributed by atoms with Gasteiger partial charge in [0.2, 0.25) is 5.91 Å². The summed E-state index contributed by atoms with van der Waals surface area (Å²) in [5.41, 5.74) is 0. The second-order valence-electron chi connectivity index (χ2n) is 4.52. The molecule has 106 valence electrons. The lowest BCUT2D eigenvalue weighted by atomic mass is 10.2. The van der Waals surface area contributed by atoms with Crippen molar-refractivity contribution in [2.75, 3.05) is 37.7 Å². The fourth-order valence-corrected chi connectivity index (χ4v) is 3.50. The van der Waals surface area contributed by atoms with Gasteiger partial charge < -0.3 is 15.3 Å². The summed E-state index contributed by atoms with van der Waals surface area (Å²) in [6.07, 6.45) is 0.758. The Kier molecular flexibility index (Phi) is 6.04. The molecule has 18 heavy (non-hydrogen) atoms. The molecule has 1 aliphatic rings. The van der Waals surface area contributed by atoms with Gasteiger partial charge in [0.05, 0.1) is 11.5 Å². The van der Waals surface area contributed by atoms with Crippen molar-refractivity contribution in [2.45, 2.75) is 25.8 Å². The Hall–Kier alpha value is -0.660. The maximum absolute atomic E-state index is 12.0. The summed E-state index contributed by atoms with van der Waals surface area (Å²) >= 11 is 0. The summed E-state index contributed by atoms with van der Waals surface area (Å²) in [5.74, 6) is 0.135. The maximum atomic E-state index is 12.0. The van der Waals surface area contributed by atoms with Crippen LogP contribution in [0.2, 0.25) is 0 Å². The van der Waals surface area contributed by atoms with E-state index in [9.17, 15) is 13.2 Å². The van der Waals surface area contributed by atoms with Crippen LogP contribution in [0.4, 0.5) is 0 Å². The number of amides is 1. The van der Waals surface area contributed by atoms with Crippen LogP contribution in [0.1, 0.15) is 19.8 Å². The third kappa shape index (κ3) is 4.91. The van der Waals surface area contributed by atoms with E-state index in [0.29, 0.717) is 26.1 Å². The molecule has 0 aromatic carbocycles. The van der Waals surface area contributed by atoms with Crippen LogP contribution < -0.4 is 5.32 Å². The molecule has 7 heteroatoms. The van der Waals surface area contributed by atoms with E-state index in [1.54, 1.807) is 4.90 Å². The molecule has 0 radical (unpaired) electrons. The zero-order valence-electron chi connectivity index (χ0n) is 10.8. The number of nitrogens with zero attached hydrogens (tertiary/aromatic N) is 1. The largest absolute Gasteiger partial charge is 0.396 e. The lowest BCUT2D eigenvalue weighted by Gasteiger charge is -2.26. The SMILES string of the molecule is CCN(CCCO)C(=O)CC1CS(=O)(=O)CCN1. The molecule has 0 bridgehead atoms. The first-order valence-electron chi connectivity index (χ1n) is 6.31. The molecule has 2 N–H and O–H groups in total. The minimum atomic E-state index is -3.00. The molecule has 0 saturated carbocycles. The van der Waals surface area contributed by atoms with Gasteiger partial charge in [0.15, 0.2) is 9.84 Å². The molecule has 6 nitrogen and oxygen atoms in total. The Morgan fingerprint density at radius 1 is 1.50 bits per heavy atom. The summed E-state index contributed by atoms with van der Waals surface area (Å²) in [6, 6.07) is -0.278. The van der Waals surface area contributed by atoms with Gasteiger partial charge in [-0.05, 0) is 13.3 Å². The fourth-order valence-electron chi connectivity index (χ4n) is 2.06. The van der Waals surface area contributed by atoms with Crippen molar-refractivity contribution in [1.82, 2.24) is 10.2 Å². The van der Waals surface area contributed by atoms with Gasteiger partial charge in [0.25, 0.3) is 0 Å². The van der Waals surface area contributed by atoms with Crippen molar-refractivity contribution in [3.63, 3.8) is 0 Å². The van der Waals surface area contributed by atoms with Gasteiger partial charge in [-0.15, -0.1) is 0 Å². The molecule has 1 saturated heterocycles. The molecule has 0 aliphatic carbocycles. The second-order valence-corrected chi connectivity index (χ2v) is 6.75. The minimum Gasteiger partial charge on any atom is -0.396 e. The van der Waals surface area contributed by atoms with Gasteiger partial charge in [-0.2, -0.15) is 0 Å². The summed E-state index contributed by atoms with van der Waals surface area (Å²) in [5, 5.41) is 11.8. The van der Waals surface area contributed by atoms with Crippen LogP contribution in [0.3, 0.4) is 0 Å². The standard InChI is InChI=1S/C11H22N2O4S/c1-2-13(5-3-6-14)11(15)8-10-9-18(16,17)7-4-12-10/h10,12,14H,2-9H2,1H3. The first-order chi connectivity index (χ1) is 8.48. The topological polar surface area (TPSA) is 86.7 Å². The molecule has 0 aromatic heterocycles. The average Bonchev–Trinajstić information content (AvgIpc) is 2.28. The van der Waals surface area contributed by atoms with E-state index in [2.05, 4.69) is 5.32 Å². The molecule has 1 fully saturated rings. The normalized spacial score (nSPS) is 22.7. The Bertz CT molecular complexity index is 369. The van der Waals surface area contributed by atoms with Crippen LogP contribution in [-0.2, 0) is 14.6 Å². The van der Waals surface area contributed by atoms with Gasteiger partial charge in [-0.3, -0.25) is 4.79 Å². The summed E-state index contributed by atoms with van der Waals surface area (Å²) in [4.78, 5) is 13.6. The van der Waals surface area contributed by atoms with E-state index >= 15 is 0 Å². The van der Waals surface area contributed by atoms with Crippen molar-refractivity contribution in [1.29, 1.82) is 0 Å². The van der Waals surface area contributed by atoms with Crippen LogP contribution in [0.25, 0.3) is 0 Å². The van der Waals surface area contributed by atoms with Gasteiger partial charge in [0.1, 0.15) is 0 Å². The second kappa shape index (κ2) is 7.06. The predicted molar refractivity (Wildman–Crippen MR) is 69.0 cm³/mol. The molecule has 1 heterocycles. The van der Waals surface area contributed by atoms with Gasteiger partial charge in [-0.25, -0.2) is 8.42 Å². The molecule has 1 aliphatic heterocycles. The van der Waals surface area contributed by atoms with Crippen LogP contribution in [0.5, 0.6) is 0 Å². The number of carbonyl (C=O) groups is 1. The molecule has 0 aromatic rings. The number of sulfone groups is 1. The highest BCUT2D eigenvalue weighted by atomic mass is 32.2. The number of aliphatic hydroxyl groups is 1. The zero-order chi connectivity index (χ0) is 13.6. The Morgan fingerprint density at radius 2 is 2.22 bits per heavy atom. The Morgan fingerprint density at radius 3 is 2.78 bits per heavy atom. The monoisotopic (exact) mass is 278 g/mol. The lowest BCUT2D eigenvalue weighted by molar-refractivity contribution is -0.131. The number of aliphatic hydroxyl groups excluding tert-OH is 1. The highest BCUT2D eigenvalue weighted by Crippen LogP contribution is 2.07. The molecule has 1 amide bonds. The average molecular weight is 278 g/mol. The molecule has 0 spiro atoms. The molecule has 1 atom stereocenters. The smallest absolute Gasteiger partial charge is 0.224 e. The van der Waals surface area contributed by atoms with E-state index in [-0.39, 0.29) is 36.5 Å². The quantitative estimate of drug-likeness (QED) is 0.650. The van der Waals surface area contributed by atoms with Crippen LogP contribution >= 0.6 is 0 Å². The highest BCUT2D eigenvalue weighted by molar-refractivity contribution is 7.91. The first-order valence-corrected chi connectivity index (χ1v) is 8.13. The zero-order valence-corrected chi connectivity index (χ0v) is 11.6. The minimum absolute atomic E-state index is 0.0380. The summed E-state index contributed by atoms with van der Waals surface area (Å²) in [6.45, 7) is 3.45. The number of hydrogen-bond acceptors (Lipinski definition) is 5. The number of rotatable bonds is 6. The first kappa shape index (κ1) is 15.4. The molecule has 1 rings (SSSR count). The highest BCUT2D eigenvalue weighted by Gasteiger charge is 2.27. The van der Waals surface area contributed by atoms with Crippen LogP contribution in [-0.4, -0.2) is 68.1 Å². The third-order valence-corrected chi connectivity index (χ3v) is 4.78. The molecular formula is C11H22N2O4S. The number of carbonyl (C=O) groups excluding carboxylic acids is 1. The van der Waals surface area contributed by atoms with Gasteiger partial charge >= 0.3 is 0 Å². The van der Waals surface area contributed by atoms with Crippen LogP contribution in [0, 0.1) is 0 Å². The van der Waals surface area contributed by atoms with Crippen molar-refractivity contribution < 1.29 is 18.3 Å². The van der Waals surface area contributed by atoms with Crippen molar-refractivity contribution >= 4 is 15.7 Å². The van der Waals surface area contributed by atoms with Crippen molar-refractivity contribution in [3.8, 4) is 0 Å². The van der Waals surface area contributed by atoms with Crippen molar-refractivity contribution in [3.05, 3.63) is 0 Å². The Labute approximate surface area is 108 Å². The fraction of sp³-hybridized carbons (Fsp3) is 0.909. The van der Waals surface area contributed by atoms with Gasteiger partial charge in [0, 0.05) is 38.7 Å². The van der Waals surface area contributed by atoms with E-state index in [0.717, 1.165) is 0 Å². The van der Waals surface area contributed by atoms with Gasteiger partial charge in [-0.1, -0.05) is 0 Å². The maximum Gasteiger partial charge on any atom is 0.224 e. The predicted octanol–water partition coefficient (Wildman–Crippen LogP) is -1.01. The van der Waals surface area contributed by atoms with E-state index in [1.165, 1.54) is 0 Å². The van der Waals surface area contributed by atoms with E-state index < -0.39 is 9.84 Å². The number of nitrogens with one attached hydrogen (secondary N) is 1. The summed E-state index contributed by atoms with van der Waals surface area (Å²) in [7, 11) is -3.00. The molecule has 1 unspecified atom stereocenters. The van der Waals surface area contributed by atoms with Crippen molar-refractivity contribution in [2.24, 2.45) is 0 Å². The number of hydrogen-bond donors (Lipinski definition) is 2. The third-order valence-electron chi connectivity index (χ3n) is 3.04. The van der Waals surface area contributed by atoms with E-state index in [1.807, 2.05) is 6.92 Å². The van der Waals surface area contributed by atoms with E-state index in [4.69, 9.17) is 5.11 Å². The van der Waals surface area contributed by atoms with Crippen LogP contribution in [0.15, 0.2) is 0 Å². The lowest BCUT2D eigenvalue weighted by Crippen LogP contribution is -2.48. The molecular weight excluding hydrogens is 256 g/mol.